The predicted molar refractivity (Wildman–Crippen MR) is 94.8 cm³/mol. The molecule has 3 aromatic rings. The van der Waals surface area contributed by atoms with Gasteiger partial charge in [0.25, 0.3) is 0 Å². The van der Waals surface area contributed by atoms with Crippen LogP contribution < -0.4 is 4.74 Å². The first-order valence-corrected chi connectivity index (χ1v) is 8.60. The molecule has 1 heterocycles. The van der Waals surface area contributed by atoms with Crippen LogP contribution in [0.25, 0.3) is 11.0 Å². The molecule has 0 spiro atoms. The molecule has 0 unspecified atom stereocenters. The molecule has 0 bridgehead atoms. The Bertz CT molecular complexity index is 838. The van der Waals surface area contributed by atoms with Crippen molar-refractivity contribution in [3.63, 3.8) is 0 Å². The fraction of sp³-hybridized carbons (Fsp3) is 0.188. The molecule has 0 saturated heterocycles. The summed E-state index contributed by atoms with van der Waals surface area (Å²) in [6.45, 7) is 0. The first-order chi connectivity index (χ1) is 11.1. The van der Waals surface area contributed by atoms with E-state index in [0.29, 0.717) is 15.8 Å². The molecule has 4 nitrogen and oxygen atoms in total. The Morgan fingerprint density at radius 2 is 2.04 bits per heavy atom. The zero-order chi connectivity index (χ0) is 16.4. The minimum atomic E-state index is -0.655. The van der Waals surface area contributed by atoms with Crippen LogP contribution in [0.2, 0.25) is 10.0 Å². The summed E-state index contributed by atoms with van der Waals surface area (Å²) in [5.41, 5.74) is 2.48. The standard InChI is InChI=1S/C16H14Cl2N2O2S/c1-22-10-3-5-13-14(7-10)20-16(19-13)23-8-15(21)9-2-4-11(17)12(18)6-9/h2-7,15,21H,8H2,1H3,(H,19,20)/t15-/m1/s1. The van der Waals surface area contributed by atoms with Gasteiger partial charge in [-0.15, -0.1) is 0 Å². The molecule has 23 heavy (non-hydrogen) atoms. The molecule has 1 atom stereocenters. The number of thioether (sulfide) groups is 1. The van der Waals surface area contributed by atoms with E-state index in [4.69, 9.17) is 27.9 Å². The summed E-state index contributed by atoms with van der Waals surface area (Å²) in [6, 6.07) is 10.8. The van der Waals surface area contributed by atoms with Crippen molar-refractivity contribution in [1.82, 2.24) is 9.97 Å². The van der Waals surface area contributed by atoms with Crippen molar-refractivity contribution in [2.24, 2.45) is 0 Å². The quantitative estimate of drug-likeness (QED) is 0.640. The molecule has 0 aliphatic rings. The molecule has 0 amide bonds. The minimum Gasteiger partial charge on any atom is -0.497 e. The number of aliphatic hydroxyl groups is 1. The van der Waals surface area contributed by atoms with E-state index in [1.165, 1.54) is 11.8 Å². The summed E-state index contributed by atoms with van der Waals surface area (Å²) in [7, 11) is 1.63. The molecule has 2 aromatic carbocycles. The number of hydrogen-bond donors (Lipinski definition) is 2. The van der Waals surface area contributed by atoms with Crippen LogP contribution in [0.4, 0.5) is 0 Å². The first-order valence-electron chi connectivity index (χ1n) is 6.86. The summed E-state index contributed by atoms with van der Waals surface area (Å²) < 4.78 is 5.19. The first kappa shape index (κ1) is 16.5. The summed E-state index contributed by atoms with van der Waals surface area (Å²) in [5.74, 6) is 1.23. The van der Waals surface area contributed by atoms with E-state index < -0.39 is 6.10 Å². The molecular formula is C16H14Cl2N2O2S. The Morgan fingerprint density at radius 3 is 2.78 bits per heavy atom. The van der Waals surface area contributed by atoms with Gasteiger partial charge in [-0.25, -0.2) is 4.98 Å². The number of methoxy groups -OCH3 is 1. The number of H-pyrrole nitrogens is 1. The Morgan fingerprint density at radius 1 is 1.22 bits per heavy atom. The highest BCUT2D eigenvalue weighted by molar-refractivity contribution is 7.99. The van der Waals surface area contributed by atoms with Gasteiger partial charge >= 0.3 is 0 Å². The van der Waals surface area contributed by atoms with Crippen molar-refractivity contribution in [2.45, 2.75) is 11.3 Å². The zero-order valence-electron chi connectivity index (χ0n) is 12.2. The number of nitrogens with zero attached hydrogens (tertiary/aromatic N) is 1. The van der Waals surface area contributed by atoms with E-state index in [9.17, 15) is 5.11 Å². The maximum absolute atomic E-state index is 10.3. The number of aromatic nitrogens is 2. The molecule has 0 radical (unpaired) electrons. The van der Waals surface area contributed by atoms with E-state index in [-0.39, 0.29) is 0 Å². The van der Waals surface area contributed by atoms with Crippen molar-refractivity contribution in [3.05, 3.63) is 52.0 Å². The number of hydrogen-bond acceptors (Lipinski definition) is 4. The van der Waals surface area contributed by atoms with Crippen molar-refractivity contribution in [3.8, 4) is 5.75 Å². The van der Waals surface area contributed by atoms with Crippen LogP contribution in [-0.4, -0.2) is 27.9 Å². The van der Waals surface area contributed by atoms with E-state index >= 15 is 0 Å². The highest BCUT2D eigenvalue weighted by atomic mass is 35.5. The number of halogens is 2. The number of benzene rings is 2. The van der Waals surface area contributed by atoms with E-state index in [0.717, 1.165) is 27.5 Å². The lowest BCUT2D eigenvalue weighted by Gasteiger charge is -2.10. The third-order valence-electron chi connectivity index (χ3n) is 3.37. The molecular weight excluding hydrogens is 355 g/mol. The number of imidazole rings is 1. The number of ether oxygens (including phenoxy) is 1. The van der Waals surface area contributed by atoms with Gasteiger partial charge in [0.05, 0.1) is 34.3 Å². The fourth-order valence-corrected chi connectivity index (χ4v) is 3.29. The van der Waals surface area contributed by atoms with Crippen LogP contribution in [-0.2, 0) is 0 Å². The second-order valence-electron chi connectivity index (χ2n) is 4.93. The number of fused-ring (bicyclic) bond motifs is 1. The monoisotopic (exact) mass is 368 g/mol. The summed E-state index contributed by atoms with van der Waals surface area (Å²) in [6.07, 6.45) is -0.655. The average molecular weight is 369 g/mol. The SMILES string of the molecule is COc1ccc2nc(SC[C@@H](O)c3ccc(Cl)c(Cl)c3)[nH]c2c1. The Kier molecular flexibility index (Phi) is 5.02. The summed E-state index contributed by atoms with van der Waals surface area (Å²) in [4.78, 5) is 7.69. The molecule has 0 saturated carbocycles. The van der Waals surface area contributed by atoms with Gasteiger partial charge in [0.15, 0.2) is 5.16 Å². The zero-order valence-corrected chi connectivity index (χ0v) is 14.5. The highest BCUT2D eigenvalue weighted by Crippen LogP contribution is 2.29. The fourth-order valence-electron chi connectivity index (χ4n) is 2.13. The molecule has 0 aliphatic heterocycles. The third-order valence-corrected chi connectivity index (χ3v) is 5.06. The Balaban J connectivity index is 1.70. The van der Waals surface area contributed by atoms with Crippen LogP contribution >= 0.6 is 35.0 Å². The Labute approximate surface area is 147 Å². The van der Waals surface area contributed by atoms with Crippen LogP contribution in [0.1, 0.15) is 11.7 Å². The van der Waals surface area contributed by atoms with Gasteiger partial charge in [0.1, 0.15) is 5.75 Å². The minimum absolute atomic E-state index is 0.434. The second-order valence-corrected chi connectivity index (χ2v) is 6.75. The molecule has 0 fully saturated rings. The van der Waals surface area contributed by atoms with Crippen LogP contribution in [0.3, 0.4) is 0 Å². The van der Waals surface area contributed by atoms with Crippen molar-refractivity contribution in [1.29, 1.82) is 0 Å². The molecule has 1 aromatic heterocycles. The normalized spacial score (nSPS) is 12.5. The molecule has 2 N–H and O–H groups in total. The lowest BCUT2D eigenvalue weighted by Crippen LogP contribution is -2.00. The van der Waals surface area contributed by atoms with Crippen LogP contribution in [0, 0.1) is 0 Å². The van der Waals surface area contributed by atoms with Crippen molar-refractivity contribution < 1.29 is 9.84 Å². The maximum Gasteiger partial charge on any atom is 0.166 e. The van der Waals surface area contributed by atoms with Gasteiger partial charge in [-0.05, 0) is 29.8 Å². The number of rotatable bonds is 5. The number of aromatic amines is 1. The van der Waals surface area contributed by atoms with Crippen molar-refractivity contribution >= 4 is 46.0 Å². The van der Waals surface area contributed by atoms with Crippen LogP contribution in [0.5, 0.6) is 5.75 Å². The summed E-state index contributed by atoms with van der Waals surface area (Å²) in [5, 5.41) is 11.9. The molecule has 120 valence electrons. The predicted octanol–water partition coefficient (Wildman–Crippen LogP) is 4.70. The van der Waals surface area contributed by atoms with Gasteiger partial charge in [0.2, 0.25) is 0 Å². The molecule has 7 heteroatoms. The lowest BCUT2D eigenvalue weighted by molar-refractivity contribution is 0.204. The van der Waals surface area contributed by atoms with Gasteiger partial charge < -0.3 is 14.8 Å². The second kappa shape index (κ2) is 7.01. The lowest BCUT2D eigenvalue weighted by atomic mass is 10.1. The molecule has 0 aliphatic carbocycles. The summed E-state index contributed by atoms with van der Waals surface area (Å²) >= 11 is 13.3. The molecule has 3 rings (SSSR count). The van der Waals surface area contributed by atoms with E-state index in [2.05, 4.69) is 9.97 Å². The van der Waals surface area contributed by atoms with Crippen molar-refractivity contribution in [2.75, 3.05) is 12.9 Å². The number of nitrogens with one attached hydrogen (secondary N) is 1. The van der Waals surface area contributed by atoms with E-state index in [1.54, 1.807) is 25.3 Å². The average Bonchev–Trinajstić information content (AvgIpc) is 2.96. The third kappa shape index (κ3) is 3.75. The highest BCUT2D eigenvalue weighted by Gasteiger charge is 2.12. The smallest absolute Gasteiger partial charge is 0.166 e. The topological polar surface area (TPSA) is 58.1 Å². The van der Waals surface area contributed by atoms with Crippen LogP contribution in [0.15, 0.2) is 41.6 Å². The largest absolute Gasteiger partial charge is 0.497 e. The van der Waals surface area contributed by atoms with Gasteiger partial charge in [0, 0.05) is 11.8 Å². The Hall–Kier alpha value is -1.40. The van der Waals surface area contributed by atoms with Gasteiger partial charge in [-0.2, -0.15) is 0 Å². The van der Waals surface area contributed by atoms with Gasteiger partial charge in [-0.1, -0.05) is 41.0 Å². The van der Waals surface area contributed by atoms with E-state index in [1.807, 2.05) is 18.2 Å². The maximum atomic E-state index is 10.3. The number of aliphatic hydroxyl groups excluding tert-OH is 1. The van der Waals surface area contributed by atoms with Gasteiger partial charge in [-0.3, -0.25) is 0 Å².